The van der Waals surface area contributed by atoms with Gasteiger partial charge in [0.25, 0.3) is 0 Å². The predicted molar refractivity (Wildman–Crippen MR) is 96.2 cm³/mol. The van der Waals surface area contributed by atoms with Gasteiger partial charge in [0.1, 0.15) is 6.54 Å². The topological polar surface area (TPSA) is 37.3 Å². The van der Waals surface area contributed by atoms with E-state index in [2.05, 4.69) is 38.7 Å². The fraction of sp³-hybridized carbons (Fsp3) is 0.550. The number of piperidine rings is 1. The average Bonchev–Trinajstić information content (AvgIpc) is 2.55. The van der Waals surface area contributed by atoms with E-state index in [0.29, 0.717) is 6.04 Å². The van der Waals surface area contributed by atoms with Crippen molar-refractivity contribution < 1.29 is 4.90 Å². The molecule has 1 unspecified atom stereocenters. The Labute approximate surface area is 138 Å². The van der Waals surface area contributed by atoms with Crippen LogP contribution >= 0.6 is 0 Å². The molecule has 0 radical (unpaired) electrons. The summed E-state index contributed by atoms with van der Waals surface area (Å²) in [5.74, 6) is 0. The van der Waals surface area contributed by atoms with Crippen molar-refractivity contribution in [2.45, 2.75) is 66.0 Å². The van der Waals surface area contributed by atoms with Gasteiger partial charge in [0.15, 0.2) is 5.43 Å². The third-order valence-electron chi connectivity index (χ3n) is 5.79. The first-order valence-electron chi connectivity index (χ1n) is 8.99. The number of quaternary nitrogens is 1. The van der Waals surface area contributed by atoms with E-state index in [9.17, 15) is 4.79 Å². The van der Waals surface area contributed by atoms with Crippen molar-refractivity contribution in [1.82, 2.24) is 4.98 Å². The third kappa shape index (κ3) is 2.94. The van der Waals surface area contributed by atoms with Gasteiger partial charge in [-0.2, -0.15) is 0 Å². The lowest BCUT2D eigenvalue weighted by molar-refractivity contribution is -0.944. The molecule has 1 aromatic heterocycles. The Morgan fingerprint density at radius 1 is 1.22 bits per heavy atom. The Morgan fingerprint density at radius 2 is 2.00 bits per heavy atom. The number of hydrogen-bond donors (Lipinski definition) is 2. The molecule has 1 aliphatic rings. The van der Waals surface area contributed by atoms with Gasteiger partial charge in [-0.25, -0.2) is 0 Å². The zero-order valence-corrected chi connectivity index (χ0v) is 14.9. The molecule has 0 bridgehead atoms. The Bertz CT molecular complexity index is 775. The number of benzene rings is 1. The van der Waals surface area contributed by atoms with Gasteiger partial charge in [-0.05, 0) is 63.6 Å². The lowest BCUT2D eigenvalue weighted by Crippen LogP contribution is -3.15. The molecule has 2 N–H and O–H groups in total. The van der Waals surface area contributed by atoms with Gasteiger partial charge in [0.2, 0.25) is 0 Å². The Balaban J connectivity index is 2.04. The molecule has 2 atom stereocenters. The number of aromatic nitrogens is 1. The van der Waals surface area contributed by atoms with Crippen molar-refractivity contribution >= 4 is 10.9 Å². The molecule has 3 rings (SSSR count). The highest BCUT2D eigenvalue weighted by molar-refractivity contribution is 5.83. The molecule has 1 saturated heterocycles. The molecule has 0 amide bonds. The van der Waals surface area contributed by atoms with E-state index >= 15 is 0 Å². The number of aryl methyl sites for hydroxylation is 3. The van der Waals surface area contributed by atoms with Gasteiger partial charge < -0.3 is 9.88 Å². The minimum absolute atomic E-state index is 0.229. The van der Waals surface area contributed by atoms with Crippen molar-refractivity contribution in [3.8, 4) is 0 Å². The van der Waals surface area contributed by atoms with Crippen LogP contribution in [0.2, 0.25) is 0 Å². The maximum atomic E-state index is 13.0. The van der Waals surface area contributed by atoms with Crippen LogP contribution in [0.25, 0.3) is 10.9 Å². The third-order valence-corrected chi connectivity index (χ3v) is 5.79. The largest absolute Gasteiger partial charge is 0.358 e. The highest BCUT2D eigenvalue weighted by atomic mass is 16.1. The molecule has 1 aliphatic heterocycles. The van der Waals surface area contributed by atoms with E-state index < -0.39 is 0 Å². The SMILES string of the molecule is CC[C@H]1CCCC[NH+]1Cc1c(C)[nH]c2c(C)c(C)ccc2c1=O. The number of pyridine rings is 1. The summed E-state index contributed by atoms with van der Waals surface area (Å²) in [5, 5.41) is 0.846. The monoisotopic (exact) mass is 313 g/mol. The smallest absolute Gasteiger partial charge is 0.198 e. The lowest BCUT2D eigenvalue weighted by Gasteiger charge is -2.32. The first-order valence-corrected chi connectivity index (χ1v) is 8.99. The molecule has 0 spiro atoms. The van der Waals surface area contributed by atoms with Crippen LogP contribution < -0.4 is 10.3 Å². The molecular formula is C20H29N2O+. The van der Waals surface area contributed by atoms with Crippen molar-refractivity contribution in [3.05, 3.63) is 44.7 Å². The van der Waals surface area contributed by atoms with Crippen LogP contribution in [0.4, 0.5) is 0 Å². The second-order valence-corrected chi connectivity index (χ2v) is 7.17. The first kappa shape index (κ1) is 16.3. The standard InChI is InChI=1S/C20H28N2O/c1-5-16-8-6-7-11-22(16)12-18-15(4)21-19-14(3)13(2)9-10-17(19)20(18)23/h9-10,16H,5-8,11-12H2,1-4H3,(H,21,23)/p+1/t16-/m0/s1. The average molecular weight is 313 g/mol. The van der Waals surface area contributed by atoms with E-state index in [1.54, 1.807) is 4.90 Å². The van der Waals surface area contributed by atoms with Gasteiger partial charge >= 0.3 is 0 Å². The maximum absolute atomic E-state index is 13.0. The Kier molecular flexibility index (Phi) is 4.58. The molecule has 3 heteroatoms. The van der Waals surface area contributed by atoms with Crippen LogP contribution in [0, 0.1) is 20.8 Å². The number of fused-ring (bicyclic) bond motifs is 1. The number of H-pyrrole nitrogens is 1. The molecule has 0 aliphatic carbocycles. The molecule has 1 fully saturated rings. The van der Waals surface area contributed by atoms with Crippen molar-refractivity contribution in [3.63, 3.8) is 0 Å². The number of aromatic amines is 1. The van der Waals surface area contributed by atoms with Gasteiger partial charge in [0.05, 0.1) is 23.7 Å². The quantitative estimate of drug-likeness (QED) is 0.898. The summed E-state index contributed by atoms with van der Waals surface area (Å²) in [6.07, 6.45) is 5.13. The van der Waals surface area contributed by atoms with Gasteiger partial charge in [0, 0.05) is 11.1 Å². The van der Waals surface area contributed by atoms with Gasteiger partial charge in [-0.3, -0.25) is 4.79 Å². The predicted octanol–water partition coefficient (Wildman–Crippen LogP) is 2.80. The molecule has 2 aromatic rings. The zero-order chi connectivity index (χ0) is 16.6. The highest BCUT2D eigenvalue weighted by Crippen LogP contribution is 2.19. The lowest BCUT2D eigenvalue weighted by atomic mass is 9.98. The first-order chi connectivity index (χ1) is 11.0. The zero-order valence-electron chi connectivity index (χ0n) is 14.9. The van der Waals surface area contributed by atoms with Crippen LogP contribution in [0.1, 0.15) is 55.0 Å². The van der Waals surface area contributed by atoms with E-state index in [4.69, 9.17) is 0 Å². The molecular weight excluding hydrogens is 284 g/mol. The maximum Gasteiger partial charge on any atom is 0.198 e. The minimum atomic E-state index is 0.229. The Hall–Kier alpha value is -1.61. The van der Waals surface area contributed by atoms with E-state index in [1.807, 2.05) is 6.07 Å². The molecule has 3 nitrogen and oxygen atoms in total. The summed E-state index contributed by atoms with van der Waals surface area (Å²) < 4.78 is 0. The number of hydrogen-bond acceptors (Lipinski definition) is 1. The second kappa shape index (κ2) is 6.48. The van der Waals surface area contributed by atoms with Gasteiger partial charge in [-0.15, -0.1) is 0 Å². The molecule has 1 aromatic carbocycles. The number of nitrogens with one attached hydrogen (secondary N) is 2. The van der Waals surface area contributed by atoms with Crippen LogP contribution in [-0.4, -0.2) is 17.6 Å². The molecule has 0 saturated carbocycles. The fourth-order valence-corrected chi connectivity index (χ4v) is 4.08. The van der Waals surface area contributed by atoms with Crippen molar-refractivity contribution in [1.29, 1.82) is 0 Å². The molecule has 23 heavy (non-hydrogen) atoms. The number of rotatable bonds is 3. The molecule has 124 valence electrons. The van der Waals surface area contributed by atoms with Crippen LogP contribution in [0.5, 0.6) is 0 Å². The van der Waals surface area contributed by atoms with E-state index in [-0.39, 0.29) is 5.43 Å². The van der Waals surface area contributed by atoms with Crippen molar-refractivity contribution in [2.75, 3.05) is 6.54 Å². The summed E-state index contributed by atoms with van der Waals surface area (Å²) in [7, 11) is 0. The summed E-state index contributed by atoms with van der Waals surface area (Å²) in [4.78, 5) is 18.2. The normalized spacial score (nSPS) is 21.7. The second-order valence-electron chi connectivity index (χ2n) is 7.17. The van der Waals surface area contributed by atoms with E-state index in [0.717, 1.165) is 28.7 Å². The fourth-order valence-electron chi connectivity index (χ4n) is 4.08. The summed E-state index contributed by atoms with van der Waals surface area (Å²) >= 11 is 0. The summed E-state index contributed by atoms with van der Waals surface area (Å²) in [5.41, 5.74) is 5.68. The number of likely N-dealkylation sites (tertiary alicyclic amines) is 1. The van der Waals surface area contributed by atoms with Gasteiger partial charge in [-0.1, -0.05) is 13.0 Å². The summed E-state index contributed by atoms with van der Waals surface area (Å²) in [6, 6.07) is 4.76. The molecule has 2 heterocycles. The minimum Gasteiger partial charge on any atom is -0.358 e. The summed E-state index contributed by atoms with van der Waals surface area (Å²) in [6.45, 7) is 10.6. The Morgan fingerprint density at radius 3 is 2.74 bits per heavy atom. The van der Waals surface area contributed by atoms with Crippen LogP contribution in [0.3, 0.4) is 0 Å². The van der Waals surface area contributed by atoms with Crippen LogP contribution in [-0.2, 0) is 6.54 Å². The van der Waals surface area contributed by atoms with Crippen LogP contribution in [0.15, 0.2) is 16.9 Å². The van der Waals surface area contributed by atoms with E-state index in [1.165, 1.54) is 43.4 Å². The highest BCUT2D eigenvalue weighted by Gasteiger charge is 2.26. The van der Waals surface area contributed by atoms with Crippen molar-refractivity contribution in [2.24, 2.45) is 0 Å².